The fourth-order valence-electron chi connectivity index (χ4n) is 6.30. The largest absolute Gasteiger partial charge is 0.480 e. The number of carboxylic acid groups (broad SMARTS) is 1. The van der Waals surface area contributed by atoms with Crippen LogP contribution in [0.25, 0.3) is 0 Å². The van der Waals surface area contributed by atoms with Crippen LogP contribution >= 0.6 is 11.8 Å². The summed E-state index contributed by atoms with van der Waals surface area (Å²) in [6.45, 7) is 10.2. The van der Waals surface area contributed by atoms with Crippen LogP contribution in [0.5, 0.6) is 5.75 Å². The van der Waals surface area contributed by atoms with E-state index in [4.69, 9.17) is 19.9 Å². The maximum atomic E-state index is 13.7. The number of amides is 5. The smallest absolute Gasteiger partial charge is 0.413 e. The van der Waals surface area contributed by atoms with Gasteiger partial charge < -0.3 is 41.0 Å². The monoisotopic (exact) mass is 883 g/mol. The van der Waals surface area contributed by atoms with Crippen molar-refractivity contribution >= 4 is 47.8 Å². The molecule has 0 saturated carbocycles. The molecule has 0 aliphatic rings. The van der Waals surface area contributed by atoms with Crippen LogP contribution in [0, 0.1) is 0 Å². The minimum absolute atomic E-state index is 0.0205. The van der Waals surface area contributed by atoms with Crippen LogP contribution in [0.3, 0.4) is 0 Å². The Bertz CT molecular complexity index is 2050. The van der Waals surface area contributed by atoms with Crippen LogP contribution in [0.2, 0.25) is 0 Å². The van der Waals surface area contributed by atoms with Crippen LogP contribution in [-0.2, 0) is 35.0 Å². The highest BCUT2D eigenvalue weighted by Crippen LogP contribution is 2.48. The summed E-state index contributed by atoms with van der Waals surface area (Å²) < 4.78 is 15.1. The van der Waals surface area contributed by atoms with Gasteiger partial charge in [-0.2, -0.15) is 0 Å². The van der Waals surface area contributed by atoms with E-state index >= 15 is 0 Å². The van der Waals surface area contributed by atoms with Gasteiger partial charge in [0.15, 0.2) is 0 Å². The molecule has 15 nitrogen and oxygen atoms in total. The predicted molar refractivity (Wildman–Crippen MR) is 240 cm³/mol. The van der Waals surface area contributed by atoms with E-state index in [1.807, 2.05) is 91.0 Å². The number of benzene rings is 4. The van der Waals surface area contributed by atoms with Crippen molar-refractivity contribution in [3.8, 4) is 5.75 Å². The van der Waals surface area contributed by atoms with Crippen molar-refractivity contribution in [2.75, 3.05) is 12.3 Å². The molecule has 0 unspecified atom stereocenters. The Morgan fingerprint density at radius 1 is 0.635 bits per heavy atom. The normalized spacial score (nSPS) is 13.0. The van der Waals surface area contributed by atoms with Crippen LogP contribution in [0.4, 0.5) is 14.4 Å². The average molecular weight is 884 g/mol. The lowest BCUT2D eigenvalue weighted by Gasteiger charge is -2.36. The van der Waals surface area contributed by atoms with E-state index in [1.54, 1.807) is 41.5 Å². The molecule has 0 spiro atoms. The van der Waals surface area contributed by atoms with Crippen molar-refractivity contribution in [2.45, 2.75) is 94.9 Å². The zero-order valence-electron chi connectivity index (χ0n) is 36.3. The van der Waals surface area contributed by atoms with Crippen molar-refractivity contribution < 1.29 is 48.1 Å². The molecule has 0 aliphatic heterocycles. The average Bonchev–Trinajstić information content (AvgIpc) is 3.22. The first-order chi connectivity index (χ1) is 29.8. The lowest BCUT2D eigenvalue weighted by molar-refractivity contribution is -0.139. The molecule has 4 aromatic rings. The molecular weight excluding hydrogens is 827 g/mol. The van der Waals surface area contributed by atoms with E-state index in [1.165, 1.54) is 36.0 Å². The number of ether oxygens (including phenoxy) is 3. The predicted octanol–water partition coefficient (Wildman–Crippen LogP) is 6.66. The van der Waals surface area contributed by atoms with Crippen molar-refractivity contribution in [1.29, 1.82) is 0 Å². The number of imide groups is 1. The van der Waals surface area contributed by atoms with Gasteiger partial charge in [-0.1, -0.05) is 103 Å². The second-order valence-corrected chi connectivity index (χ2v) is 17.8. The number of carbonyl (C=O) groups excluding carboxylic acids is 5. The Morgan fingerprint density at radius 3 is 1.59 bits per heavy atom. The van der Waals surface area contributed by atoms with Gasteiger partial charge in [0.25, 0.3) is 0 Å². The summed E-state index contributed by atoms with van der Waals surface area (Å²) in [6, 6.07) is 31.7. The molecule has 0 radical (unpaired) electrons. The number of aliphatic carboxylic acids is 1. The Balaban J connectivity index is 1.46. The molecule has 5 amide bonds. The van der Waals surface area contributed by atoms with Crippen molar-refractivity contribution in [1.82, 2.24) is 21.3 Å². The summed E-state index contributed by atoms with van der Waals surface area (Å²) in [7, 11) is 0. The fraction of sp³-hybridized carbons (Fsp3) is 0.362. The van der Waals surface area contributed by atoms with Gasteiger partial charge in [0.2, 0.25) is 11.8 Å². The molecule has 0 heterocycles. The highest BCUT2D eigenvalue weighted by Gasteiger charge is 2.38. The molecule has 0 aromatic heterocycles. The minimum Gasteiger partial charge on any atom is -0.480 e. The van der Waals surface area contributed by atoms with E-state index in [0.717, 1.165) is 16.7 Å². The molecule has 16 heteroatoms. The van der Waals surface area contributed by atoms with Crippen molar-refractivity contribution in [3.63, 3.8) is 0 Å². The van der Waals surface area contributed by atoms with Gasteiger partial charge in [-0.3, -0.25) is 14.9 Å². The van der Waals surface area contributed by atoms with E-state index in [-0.39, 0.29) is 37.3 Å². The molecule has 0 aliphatic carbocycles. The molecule has 0 fully saturated rings. The Labute approximate surface area is 372 Å². The summed E-state index contributed by atoms with van der Waals surface area (Å²) in [4.78, 5) is 76.8. The highest BCUT2D eigenvalue weighted by molar-refractivity contribution is 8.00. The van der Waals surface area contributed by atoms with Gasteiger partial charge in [-0.15, -0.1) is 11.8 Å². The van der Waals surface area contributed by atoms with Crippen LogP contribution < -0.4 is 31.7 Å². The highest BCUT2D eigenvalue weighted by atomic mass is 32.2. The topological polar surface area (TPSA) is 224 Å². The maximum absolute atomic E-state index is 13.7. The van der Waals surface area contributed by atoms with E-state index in [0.29, 0.717) is 5.56 Å². The summed E-state index contributed by atoms with van der Waals surface area (Å²) >= 11 is 1.45. The van der Waals surface area contributed by atoms with Crippen molar-refractivity contribution in [2.24, 2.45) is 5.73 Å². The molecule has 0 saturated heterocycles. The first-order valence-electron chi connectivity index (χ1n) is 20.4. The number of nitrogens with one attached hydrogen (secondary N) is 4. The van der Waals surface area contributed by atoms with E-state index in [2.05, 4.69) is 21.3 Å². The number of nitrogens with two attached hydrogens (primary N) is 1. The Kier molecular flexibility index (Phi) is 17.7. The number of carbonyl (C=O) groups is 6. The lowest BCUT2D eigenvalue weighted by atomic mass is 9.84. The number of alkyl carbamates (subject to hydrolysis) is 2. The number of hydrogen-bond acceptors (Lipinski definition) is 11. The maximum Gasteiger partial charge on any atom is 0.413 e. The van der Waals surface area contributed by atoms with Gasteiger partial charge in [-0.25, -0.2) is 19.2 Å². The number of rotatable bonds is 18. The zero-order valence-corrected chi connectivity index (χ0v) is 37.2. The third-order valence-corrected chi connectivity index (χ3v) is 10.8. The number of thioether (sulfide) groups is 1. The van der Waals surface area contributed by atoms with Gasteiger partial charge in [-0.05, 0) is 88.8 Å². The standard InChI is InChI=1S/C47H57N5O10S/c1-45(2,3)61-42(57)49-28-16-23-37(50-43(58)60-35-26-24-31(25-27-35)29-38(41(55)56)51-44(59)62-46(4,5)6)40(54)52-39(53)36(48)30-63-47(32-17-10-7-11-18-32,33-19-12-8-13-20-33)34-21-14-9-15-22-34/h7-15,17-22,24-27,36-38H,16,23,28-30,48H2,1-6H3,(H,49,57)(H,50,58)(H,51,59)(H,55,56)(H,52,53,54)/t36-,37-,38-/m0/s1. The third-order valence-electron chi connectivity index (χ3n) is 9.11. The van der Waals surface area contributed by atoms with E-state index in [9.17, 15) is 33.9 Å². The third kappa shape index (κ3) is 15.8. The molecule has 7 N–H and O–H groups in total. The Hall–Kier alpha value is -6.39. The summed E-state index contributed by atoms with van der Waals surface area (Å²) in [5.74, 6) is -2.73. The molecule has 3 atom stereocenters. The second-order valence-electron chi connectivity index (χ2n) is 16.6. The molecule has 0 bridgehead atoms. The fourth-order valence-corrected chi connectivity index (χ4v) is 7.79. The first kappa shape index (κ1) is 49.3. The quantitative estimate of drug-likeness (QED) is 0.0456. The number of hydrogen-bond donors (Lipinski definition) is 6. The lowest BCUT2D eigenvalue weighted by Crippen LogP contribution is -2.53. The summed E-state index contributed by atoms with van der Waals surface area (Å²) in [5.41, 5.74) is 8.35. The molecular formula is C47H57N5O10S. The van der Waals surface area contributed by atoms with Gasteiger partial charge in [0, 0.05) is 18.7 Å². The van der Waals surface area contributed by atoms with Gasteiger partial charge in [0.05, 0.1) is 10.8 Å². The van der Waals surface area contributed by atoms with Crippen LogP contribution in [0.1, 0.15) is 76.6 Å². The zero-order chi connectivity index (χ0) is 46.2. The van der Waals surface area contributed by atoms with Gasteiger partial charge in [0.1, 0.15) is 29.0 Å². The van der Waals surface area contributed by atoms with Gasteiger partial charge >= 0.3 is 24.2 Å². The molecule has 4 aromatic carbocycles. The van der Waals surface area contributed by atoms with E-state index < -0.39 is 70.1 Å². The molecule has 336 valence electrons. The van der Waals surface area contributed by atoms with Crippen LogP contribution in [0.15, 0.2) is 115 Å². The first-order valence-corrected chi connectivity index (χ1v) is 21.4. The van der Waals surface area contributed by atoms with Crippen molar-refractivity contribution in [3.05, 3.63) is 138 Å². The second kappa shape index (κ2) is 22.6. The van der Waals surface area contributed by atoms with Crippen LogP contribution in [-0.4, -0.2) is 82.8 Å². The Morgan fingerprint density at radius 2 is 1.11 bits per heavy atom. The molecule has 63 heavy (non-hydrogen) atoms. The number of carboxylic acids is 1. The molecule has 4 rings (SSSR count). The summed E-state index contributed by atoms with van der Waals surface area (Å²) in [6.07, 6.45) is -2.49. The SMILES string of the molecule is CC(C)(C)OC(=O)NCCC[C@H](NC(=O)Oc1ccc(C[C@H](NC(=O)OC(C)(C)C)C(=O)O)cc1)C(=O)NC(=O)[C@@H](N)CSC(c1ccccc1)(c1ccccc1)c1ccccc1. The summed E-state index contributed by atoms with van der Waals surface area (Å²) in [5, 5.41) is 19.5. The minimum atomic E-state index is -1.30.